The predicted molar refractivity (Wildman–Crippen MR) is 161 cm³/mol. The van der Waals surface area contributed by atoms with E-state index in [2.05, 4.69) is 31.6 Å². The third kappa shape index (κ3) is 8.22. The summed E-state index contributed by atoms with van der Waals surface area (Å²) in [7, 11) is 0. The number of hydrogen-bond donors (Lipinski definition) is 3. The summed E-state index contributed by atoms with van der Waals surface area (Å²) in [4.78, 5) is 55.6. The van der Waals surface area contributed by atoms with Crippen LogP contribution in [-0.2, 0) is 16.1 Å². The molecule has 5 heterocycles. The molecule has 42 heavy (non-hydrogen) atoms. The first-order valence-electron chi connectivity index (χ1n) is 16.0. The van der Waals surface area contributed by atoms with Crippen LogP contribution >= 0.6 is 0 Å². The third-order valence-corrected chi connectivity index (χ3v) is 9.26. The molecule has 5 rings (SSSR count). The normalized spacial score (nSPS) is 24.2. The zero-order chi connectivity index (χ0) is 29.1. The summed E-state index contributed by atoms with van der Waals surface area (Å²) < 4.78 is 0. The van der Waals surface area contributed by atoms with Gasteiger partial charge in [0.25, 0.3) is 0 Å². The van der Waals surface area contributed by atoms with Crippen molar-refractivity contribution >= 4 is 17.8 Å². The van der Waals surface area contributed by atoms with Crippen molar-refractivity contribution in [2.24, 2.45) is 0 Å². The molecule has 230 valence electrons. The first-order valence-corrected chi connectivity index (χ1v) is 16.0. The molecule has 1 atom stereocenters. The highest BCUT2D eigenvalue weighted by Crippen LogP contribution is 2.23. The molecule has 0 unspecified atom stereocenters. The molecule has 11 nitrogen and oxygen atoms in total. The zero-order valence-corrected chi connectivity index (χ0v) is 24.9. The second-order valence-corrected chi connectivity index (χ2v) is 12.0. The van der Waals surface area contributed by atoms with Gasteiger partial charge in [0.1, 0.15) is 0 Å². The van der Waals surface area contributed by atoms with Gasteiger partial charge >= 0.3 is 6.03 Å². The number of nitrogens with one attached hydrogen (secondary N) is 3. The van der Waals surface area contributed by atoms with Crippen LogP contribution in [0.4, 0.5) is 4.79 Å². The lowest BCUT2D eigenvalue weighted by Crippen LogP contribution is -2.55. The van der Waals surface area contributed by atoms with Gasteiger partial charge in [-0.1, -0.05) is 30.7 Å². The standard InChI is InChI=1S/C31H48N8O3/c40-29(37-17-11-27(12-18-37)39-16-8-3-1-2-5-13-33-31(39)42)21-28(34-23-25-22-32-24-35-25)30(41)38-19-9-26(10-20-38)36-14-6-4-7-15-36/h1-3,5,22,24,26-28,34H,4,6-21,23H2,(H,32,35)(H,33,42)/b3-1-,5-2-/t28-/m0/s1. The van der Waals surface area contributed by atoms with Crippen molar-refractivity contribution in [1.29, 1.82) is 0 Å². The van der Waals surface area contributed by atoms with Gasteiger partial charge in [0.15, 0.2) is 0 Å². The Kier molecular flexibility index (Phi) is 11.1. The van der Waals surface area contributed by atoms with E-state index in [-0.39, 0.29) is 30.3 Å². The number of nitrogens with zero attached hydrogens (tertiary/aromatic N) is 5. The Bertz CT molecular complexity index is 1070. The van der Waals surface area contributed by atoms with Gasteiger partial charge in [-0.2, -0.15) is 0 Å². The summed E-state index contributed by atoms with van der Waals surface area (Å²) in [6, 6.07) is 0.0313. The molecule has 11 heteroatoms. The van der Waals surface area contributed by atoms with E-state index in [4.69, 9.17) is 0 Å². The molecule has 0 aliphatic carbocycles. The van der Waals surface area contributed by atoms with Crippen molar-refractivity contribution in [1.82, 2.24) is 40.2 Å². The summed E-state index contributed by atoms with van der Waals surface area (Å²) in [6.45, 7) is 6.63. The van der Waals surface area contributed by atoms with Crippen molar-refractivity contribution in [2.45, 2.75) is 82.5 Å². The topological polar surface area (TPSA) is 117 Å². The largest absolute Gasteiger partial charge is 0.347 e. The number of aromatic nitrogens is 2. The Balaban J connectivity index is 1.15. The number of aromatic amines is 1. The van der Waals surface area contributed by atoms with Crippen LogP contribution in [0.1, 0.15) is 63.5 Å². The molecule has 1 aromatic rings. The second kappa shape index (κ2) is 15.3. The van der Waals surface area contributed by atoms with Gasteiger partial charge < -0.3 is 29.9 Å². The Morgan fingerprint density at radius 2 is 1.62 bits per heavy atom. The maximum absolute atomic E-state index is 13.8. The minimum atomic E-state index is -0.585. The summed E-state index contributed by atoms with van der Waals surface area (Å²) in [5.41, 5.74) is 0.883. The van der Waals surface area contributed by atoms with Crippen molar-refractivity contribution in [3.8, 4) is 0 Å². The lowest BCUT2D eigenvalue weighted by Gasteiger charge is -2.41. The molecule has 3 saturated heterocycles. The molecule has 4 aliphatic heterocycles. The van der Waals surface area contributed by atoms with E-state index in [9.17, 15) is 14.4 Å². The molecule has 0 bridgehead atoms. The number of likely N-dealkylation sites (tertiary alicyclic amines) is 3. The van der Waals surface area contributed by atoms with Gasteiger partial charge in [-0.3, -0.25) is 14.9 Å². The molecule has 0 spiro atoms. The molecule has 1 aromatic heterocycles. The quantitative estimate of drug-likeness (QED) is 0.434. The van der Waals surface area contributed by atoms with Crippen molar-refractivity contribution in [2.75, 3.05) is 52.4 Å². The number of H-pyrrole nitrogens is 1. The highest BCUT2D eigenvalue weighted by atomic mass is 16.2. The van der Waals surface area contributed by atoms with Gasteiger partial charge in [-0.05, 0) is 58.0 Å². The molecular formula is C31H48N8O3. The minimum absolute atomic E-state index is 0.00871. The van der Waals surface area contributed by atoms with Gasteiger partial charge in [0, 0.05) is 69.8 Å². The van der Waals surface area contributed by atoms with E-state index in [0.29, 0.717) is 38.8 Å². The number of allylic oxidation sites excluding steroid dienone is 2. The number of carbonyl (C=O) groups excluding carboxylic acids is 3. The highest BCUT2D eigenvalue weighted by molar-refractivity contribution is 5.88. The number of urea groups is 1. The number of rotatable bonds is 8. The summed E-state index contributed by atoms with van der Waals surface area (Å²) in [5.74, 6) is 0.00632. The molecule has 4 aliphatic rings. The molecule has 3 fully saturated rings. The highest BCUT2D eigenvalue weighted by Gasteiger charge is 2.34. The van der Waals surface area contributed by atoms with Gasteiger partial charge in [0.05, 0.1) is 18.8 Å². The number of carbonyl (C=O) groups is 3. The lowest BCUT2D eigenvalue weighted by atomic mass is 9.98. The Morgan fingerprint density at radius 1 is 0.905 bits per heavy atom. The number of piperidine rings is 3. The fraction of sp³-hybridized carbons (Fsp3) is 0.677. The average Bonchev–Trinajstić information content (AvgIpc) is 3.56. The van der Waals surface area contributed by atoms with Crippen molar-refractivity contribution < 1.29 is 14.4 Å². The predicted octanol–water partition coefficient (Wildman–Crippen LogP) is 2.25. The van der Waals surface area contributed by atoms with E-state index in [1.807, 2.05) is 32.9 Å². The summed E-state index contributed by atoms with van der Waals surface area (Å²) in [5, 5.41) is 6.34. The van der Waals surface area contributed by atoms with Crippen LogP contribution in [0.5, 0.6) is 0 Å². The lowest BCUT2D eigenvalue weighted by molar-refractivity contribution is -0.141. The van der Waals surface area contributed by atoms with Crippen LogP contribution in [0.15, 0.2) is 36.8 Å². The van der Waals surface area contributed by atoms with Crippen LogP contribution in [0.25, 0.3) is 0 Å². The van der Waals surface area contributed by atoms with Crippen LogP contribution in [0.3, 0.4) is 0 Å². The summed E-state index contributed by atoms with van der Waals surface area (Å²) >= 11 is 0. The minimum Gasteiger partial charge on any atom is -0.347 e. The number of imidazole rings is 1. The monoisotopic (exact) mass is 580 g/mol. The SMILES string of the molecule is O=C(C[C@H](NCc1cnc[nH]1)C(=O)N1CCC(N2CCCCC2)CC1)N1CCC(N2CC/C=C\C=C/CNC2=O)CC1. The van der Waals surface area contributed by atoms with E-state index < -0.39 is 6.04 Å². The van der Waals surface area contributed by atoms with Crippen LogP contribution in [-0.4, -0.2) is 118 Å². The molecular weight excluding hydrogens is 532 g/mol. The molecule has 3 N–H and O–H groups in total. The fourth-order valence-corrected chi connectivity index (χ4v) is 6.78. The third-order valence-electron chi connectivity index (χ3n) is 9.26. The molecule has 0 saturated carbocycles. The van der Waals surface area contributed by atoms with Gasteiger partial charge in [-0.15, -0.1) is 0 Å². The Labute approximate surface area is 249 Å². The second-order valence-electron chi connectivity index (χ2n) is 12.0. The first kappa shape index (κ1) is 30.3. The van der Waals surface area contributed by atoms with Gasteiger partial charge in [0.2, 0.25) is 11.8 Å². The van der Waals surface area contributed by atoms with Crippen LogP contribution < -0.4 is 10.6 Å². The zero-order valence-electron chi connectivity index (χ0n) is 24.9. The van der Waals surface area contributed by atoms with Crippen LogP contribution in [0.2, 0.25) is 0 Å². The maximum Gasteiger partial charge on any atom is 0.317 e. The maximum atomic E-state index is 13.8. The molecule has 0 radical (unpaired) electrons. The molecule has 4 amide bonds. The number of amides is 4. The van der Waals surface area contributed by atoms with Crippen molar-refractivity contribution in [3.05, 3.63) is 42.5 Å². The Morgan fingerprint density at radius 3 is 2.36 bits per heavy atom. The van der Waals surface area contributed by atoms with E-state index in [1.165, 1.54) is 32.4 Å². The Hall–Kier alpha value is -3.18. The van der Waals surface area contributed by atoms with E-state index in [1.54, 1.807) is 12.5 Å². The van der Waals surface area contributed by atoms with E-state index >= 15 is 0 Å². The van der Waals surface area contributed by atoms with Gasteiger partial charge in [-0.25, -0.2) is 9.78 Å². The van der Waals surface area contributed by atoms with E-state index in [0.717, 1.165) is 50.9 Å². The fourth-order valence-electron chi connectivity index (χ4n) is 6.78. The van der Waals surface area contributed by atoms with Crippen LogP contribution in [0, 0.1) is 0 Å². The summed E-state index contributed by atoms with van der Waals surface area (Å²) in [6.07, 6.45) is 19.6. The van der Waals surface area contributed by atoms with Crippen molar-refractivity contribution in [3.63, 3.8) is 0 Å². The first-order chi connectivity index (χ1) is 20.6. The average molecular weight is 581 g/mol. The molecule has 0 aromatic carbocycles. The number of hydrogen-bond acceptors (Lipinski definition) is 6. The smallest absolute Gasteiger partial charge is 0.317 e.